The molecule has 0 radical (unpaired) electrons. The Morgan fingerprint density at radius 3 is 1.80 bits per heavy atom. The Morgan fingerprint density at radius 1 is 0.800 bits per heavy atom. The van der Waals surface area contributed by atoms with E-state index in [1.54, 1.807) is 0 Å². The summed E-state index contributed by atoms with van der Waals surface area (Å²) in [6.07, 6.45) is 16.1. The molecular formula is C21H43NO3. The van der Waals surface area contributed by atoms with Gasteiger partial charge in [-0.05, 0) is 12.8 Å². The lowest BCUT2D eigenvalue weighted by Gasteiger charge is -2.22. The Labute approximate surface area is 155 Å². The molecule has 150 valence electrons. The summed E-state index contributed by atoms with van der Waals surface area (Å²) in [6, 6.07) is -0.521. The van der Waals surface area contributed by atoms with Crippen LogP contribution in [0, 0.1) is 0 Å². The zero-order valence-electron chi connectivity index (χ0n) is 16.8. The second-order valence-electron chi connectivity index (χ2n) is 7.35. The summed E-state index contributed by atoms with van der Waals surface area (Å²) < 4.78 is 0. The monoisotopic (exact) mass is 357 g/mol. The minimum absolute atomic E-state index is 0.0480. The van der Waals surface area contributed by atoms with Crippen LogP contribution in [0.2, 0.25) is 0 Å². The third-order valence-electron chi connectivity index (χ3n) is 4.87. The van der Waals surface area contributed by atoms with Gasteiger partial charge in [0.15, 0.2) is 0 Å². The molecule has 0 aromatic rings. The average molecular weight is 358 g/mol. The van der Waals surface area contributed by atoms with Gasteiger partial charge < -0.3 is 15.5 Å². The maximum absolute atomic E-state index is 11.9. The molecule has 4 nitrogen and oxygen atoms in total. The molecule has 0 aliphatic carbocycles. The van der Waals surface area contributed by atoms with Crippen molar-refractivity contribution in [3.63, 3.8) is 0 Å². The molecule has 0 aliphatic rings. The van der Waals surface area contributed by atoms with Crippen LogP contribution in [0.1, 0.15) is 110 Å². The molecule has 4 heteroatoms. The Hall–Kier alpha value is -0.610. The maximum Gasteiger partial charge on any atom is 0.220 e. The molecule has 0 spiro atoms. The van der Waals surface area contributed by atoms with E-state index in [2.05, 4.69) is 19.2 Å². The number of carbonyl (C=O) groups is 1. The van der Waals surface area contributed by atoms with Gasteiger partial charge in [-0.25, -0.2) is 0 Å². The van der Waals surface area contributed by atoms with Gasteiger partial charge in [0.2, 0.25) is 5.91 Å². The normalized spacial score (nSPS) is 13.6. The summed E-state index contributed by atoms with van der Waals surface area (Å²) in [4.78, 5) is 11.9. The second-order valence-corrected chi connectivity index (χ2v) is 7.35. The van der Waals surface area contributed by atoms with Crippen LogP contribution in [0.4, 0.5) is 0 Å². The van der Waals surface area contributed by atoms with Gasteiger partial charge >= 0.3 is 0 Å². The second kappa shape index (κ2) is 18.2. The smallest absolute Gasteiger partial charge is 0.220 e. The number of hydrogen-bond acceptors (Lipinski definition) is 3. The lowest BCUT2D eigenvalue weighted by atomic mass is 10.0. The zero-order valence-corrected chi connectivity index (χ0v) is 16.8. The number of unbranched alkanes of at least 4 members (excludes halogenated alkanes) is 11. The fourth-order valence-electron chi connectivity index (χ4n) is 3.12. The van der Waals surface area contributed by atoms with Gasteiger partial charge in [0.1, 0.15) is 0 Å². The summed E-state index contributed by atoms with van der Waals surface area (Å²) in [5, 5.41) is 22.2. The van der Waals surface area contributed by atoms with Crippen molar-refractivity contribution in [1.29, 1.82) is 0 Å². The highest BCUT2D eigenvalue weighted by Gasteiger charge is 2.19. The molecule has 0 aromatic heterocycles. The SMILES string of the molecule is CCCCCCCCCCCCC(=O)NC(CO)C(O)CCCCC. The first-order chi connectivity index (χ1) is 12.2. The van der Waals surface area contributed by atoms with Crippen LogP contribution >= 0.6 is 0 Å². The van der Waals surface area contributed by atoms with E-state index in [-0.39, 0.29) is 12.5 Å². The highest BCUT2D eigenvalue weighted by molar-refractivity contribution is 5.76. The average Bonchev–Trinajstić information content (AvgIpc) is 2.61. The van der Waals surface area contributed by atoms with Gasteiger partial charge in [0, 0.05) is 6.42 Å². The van der Waals surface area contributed by atoms with E-state index in [0.717, 1.165) is 32.1 Å². The van der Waals surface area contributed by atoms with Crippen LogP contribution in [0.25, 0.3) is 0 Å². The predicted molar refractivity (Wildman–Crippen MR) is 106 cm³/mol. The van der Waals surface area contributed by atoms with Crippen LogP contribution in [0.15, 0.2) is 0 Å². The van der Waals surface area contributed by atoms with Crippen molar-refractivity contribution in [1.82, 2.24) is 5.32 Å². The number of carbonyl (C=O) groups excluding carboxylic acids is 1. The molecule has 0 aromatic carbocycles. The van der Waals surface area contributed by atoms with Gasteiger partial charge in [-0.3, -0.25) is 4.79 Å². The lowest BCUT2D eigenvalue weighted by Crippen LogP contribution is -2.45. The van der Waals surface area contributed by atoms with E-state index in [4.69, 9.17) is 0 Å². The molecular weight excluding hydrogens is 314 g/mol. The maximum atomic E-state index is 11.9. The largest absolute Gasteiger partial charge is 0.394 e. The van der Waals surface area contributed by atoms with E-state index in [1.807, 2.05) is 0 Å². The van der Waals surface area contributed by atoms with E-state index in [0.29, 0.717) is 12.8 Å². The quantitative estimate of drug-likeness (QED) is 0.311. The summed E-state index contributed by atoms with van der Waals surface area (Å²) in [7, 11) is 0. The fraction of sp³-hybridized carbons (Fsp3) is 0.952. The van der Waals surface area contributed by atoms with Crippen molar-refractivity contribution in [2.75, 3.05) is 6.61 Å². The number of rotatable bonds is 18. The first kappa shape index (κ1) is 24.4. The molecule has 0 bridgehead atoms. The first-order valence-electron chi connectivity index (χ1n) is 10.7. The molecule has 2 unspecified atom stereocenters. The van der Waals surface area contributed by atoms with Gasteiger partial charge in [-0.15, -0.1) is 0 Å². The van der Waals surface area contributed by atoms with E-state index >= 15 is 0 Å². The Bertz CT molecular complexity index is 297. The molecule has 0 aliphatic heterocycles. The van der Waals surface area contributed by atoms with Crippen molar-refractivity contribution in [3.8, 4) is 0 Å². The third-order valence-corrected chi connectivity index (χ3v) is 4.87. The van der Waals surface area contributed by atoms with Crippen molar-refractivity contribution in [2.45, 2.75) is 122 Å². The van der Waals surface area contributed by atoms with Crippen LogP contribution in [-0.2, 0) is 4.79 Å². The molecule has 0 heterocycles. The minimum Gasteiger partial charge on any atom is -0.394 e. The predicted octanol–water partition coefficient (Wildman–Crippen LogP) is 4.72. The zero-order chi connectivity index (χ0) is 18.8. The molecule has 3 N–H and O–H groups in total. The Balaban J connectivity index is 3.60. The number of aliphatic hydroxyl groups excluding tert-OH is 2. The topological polar surface area (TPSA) is 69.6 Å². The van der Waals surface area contributed by atoms with E-state index < -0.39 is 12.1 Å². The Kier molecular flexibility index (Phi) is 17.7. The number of hydrogen-bond donors (Lipinski definition) is 3. The molecule has 0 fully saturated rings. The van der Waals surface area contributed by atoms with Crippen LogP contribution in [-0.4, -0.2) is 34.9 Å². The Morgan fingerprint density at radius 2 is 1.28 bits per heavy atom. The van der Waals surface area contributed by atoms with E-state index in [1.165, 1.54) is 51.4 Å². The van der Waals surface area contributed by atoms with Crippen molar-refractivity contribution in [3.05, 3.63) is 0 Å². The highest BCUT2D eigenvalue weighted by atomic mass is 16.3. The van der Waals surface area contributed by atoms with Gasteiger partial charge in [0.25, 0.3) is 0 Å². The van der Waals surface area contributed by atoms with Crippen LogP contribution in [0.5, 0.6) is 0 Å². The molecule has 2 atom stereocenters. The minimum atomic E-state index is -0.645. The van der Waals surface area contributed by atoms with Crippen molar-refractivity contribution < 1.29 is 15.0 Å². The molecule has 0 rings (SSSR count). The highest BCUT2D eigenvalue weighted by Crippen LogP contribution is 2.12. The standard InChI is InChI=1S/C21H43NO3/c1-3-5-7-8-9-10-11-12-13-15-17-21(25)22-19(18-23)20(24)16-14-6-4-2/h19-20,23-24H,3-18H2,1-2H3,(H,22,25). The molecule has 0 saturated carbocycles. The lowest BCUT2D eigenvalue weighted by molar-refractivity contribution is -0.123. The van der Waals surface area contributed by atoms with Crippen molar-refractivity contribution in [2.24, 2.45) is 0 Å². The summed E-state index contributed by atoms with van der Waals surface area (Å²) in [5.41, 5.74) is 0. The summed E-state index contributed by atoms with van der Waals surface area (Å²) >= 11 is 0. The van der Waals surface area contributed by atoms with Crippen LogP contribution < -0.4 is 5.32 Å². The number of amides is 1. The van der Waals surface area contributed by atoms with Gasteiger partial charge in [-0.1, -0.05) is 90.9 Å². The summed E-state index contributed by atoms with van der Waals surface area (Å²) in [5.74, 6) is -0.0480. The fourth-order valence-corrected chi connectivity index (χ4v) is 3.12. The number of nitrogens with one attached hydrogen (secondary N) is 1. The van der Waals surface area contributed by atoms with E-state index in [9.17, 15) is 15.0 Å². The van der Waals surface area contributed by atoms with Crippen molar-refractivity contribution >= 4 is 5.91 Å². The van der Waals surface area contributed by atoms with Gasteiger partial charge in [-0.2, -0.15) is 0 Å². The molecule has 25 heavy (non-hydrogen) atoms. The molecule has 1 amide bonds. The number of aliphatic hydroxyl groups is 2. The van der Waals surface area contributed by atoms with Crippen LogP contribution in [0.3, 0.4) is 0 Å². The molecule has 0 saturated heterocycles. The van der Waals surface area contributed by atoms with Gasteiger partial charge in [0.05, 0.1) is 18.8 Å². The third kappa shape index (κ3) is 15.4. The summed E-state index contributed by atoms with van der Waals surface area (Å²) in [6.45, 7) is 4.16. The first-order valence-corrected chi connectivity index (χ1v) is 10.7.